The quantitative estimate of drug-likeness (QED) is 0.306. The van der Waals surface area contributed by atoms with Gasteiger partial charge < -0.3 is 14.6 Å². The SMILES string of the molecule is CCn1c(CCCOc2ccc(Cl)cc2C)nnc1SCC(=O)Nc1ccc(C)cc1C. The maximum Gasteiger partial charge on any atom is 0.234 e. The third-order valence-electron chi connectivity index (χ3n) is 5.04. The summed E-state index contributed by atoms with van der Waals surface area (Å²) in [6.07, 6.45) is 1.57. The molecule has 2 aromatic carbocycles. The number of carbonyl (C=O) groups excluding carboxylic acids is 1. The normalized spacial score (nSPS) is 10.9. The predicted octanol–water partition coefficient (Wildman–Crippen LogP) is 5.62. The van der Waals surface area contributed by atoms with E-state index in [2.05, 4.69) is 33.1 Å². The monoisotopic (exact) mass is 472 g/mol. The van der Waals surface area contributed by atoms with Crippen LogP contribution in [0.1, 0.15) is 35.9 Å². The Kier molecular flexibility index (Phi) is 8.59. The van der Waals surface area contributed by atoms with Gasteiger partial charge in [0.15, 0.2) is 5.16 Å². The van der Waals surface area contributed by atoms with E-state index in [1.807, 2.05) is 51.1 Å². The Morgan fingerprint density at radius 2 is 1.94 bits per heavy atom. The Hall–Kier alpha value is -2.51. The highest BCUT2D eigenvalue weighted by molar-refractivity contribution is 7.99. The molecule has 6 nitrogen and oxygen atoms in total. The molecule has 170 valence electrons. The van der Waals surface area contributed by atoms with E-state index in [1.54, 1.807) is 0 Å². The number of aryl methyl sites for hydroxylation is 4. The number of carbonyl (C=O) groups is 1. The van der Waals surface area contributed by atoms with Crippen LogP contribution in [0.5, 0.6) is 5.75 Å². The molecule has 1 aromatic heterocycles. The molecule has 0 saturated heterocycles. The van der Waals surface area contributed by atoms with Gasteiger partial charge in [-0.2, -0.15) is 0 Å². The minimum absolute atomic E-state index is 0.0547. The van der Waals surface area contributed by atoms with E-state index >= 15 is 0 Å². The highest BCUT2D eigenvalue weighted by Crippen LogP contribution is 2.23. The molecule has 0 spiro atoms. The lowest BCUT2D eigenvalue weighted by Crippen LogP contribution is -2.15. The molecule has 1 amide bonds. The molecular formula is C24H29ClN4O2S. The van der Waals surface area contributed by atoms with Crippen molar-refractivity contribution in [2.75, 3.05) is 17.7 Å². The zero-order valence-electron chi connectivity index (χ0n) is 18.9. The van der Waals surface area contributed by atoms with Gasteiger partial charge in [0, 0.05) is 23.7 Å². The lowest BCUT2D eigenvalue weighted by molar-refractivity contribution is -0.113. The van der Waals surface area contributed by atoms with Crippen LogP contribution < -0.4 is 10.1 Å². The average molecular weight is 473 g/mol. The first-order valence-corrected chi connectivity index (χ1v) is 12.0. The van der Waals surface area contributed by atoms with Gasteiger partial charge >= 0.3 is 0 Å². The Labute approximate surface area is 198 Å². The van der Waals surface area contributed by atoms with Gasteiger partial charge in [-0.15, -0.1) is 10.2 Å². The fraction of sp³-hybridized carbons (Fsp3) is 0.375. The van der Waals surface area contributed by atoms with Crippen LogP contribution in [0.3, 0.4) is 0 Å². The number of anilines is 1. The van der Waals surface area contributed by atoms with Crippen molar-refractivity contribution in [2.24, 2.45) is 0 Å². The summed E-state index contributed by atoms with van der Waals surface area (Å²) in [6, 6.07) is 11.6. The molecule has 0 unspecified atom stereocenters. The van der Waals surface area contributed by atoms with Crippen LogP contribution in [0.2, 0.25) is 5.02 Å². The first kappa shape index (κ1) is 24.1. The number of nitrogens with zero attached hydrogens (tertiary/aromatic N) is 3. The first-order valence-electron chi connectivity index (χ1n) is 10.7. The fourth-order valence-electron chi connectivity index (χ4n) is 3.39. The molecule has 3 aromatic rings. The predicted molar refractivity (Wildman–Crippen MR) is 131 cm³/mol. The van der Waals surface area contributed by atoms with Crippen LogP contribution in [0.15, 0.2) is 41.6 Å². The molecule has 1 heterocycles. The highest BCUT2D eigenvalue weighted by Gasteiger charge is 2.14. The maximum absolute atomic E-state index is 12.4. The zero-order valence-corrected chi connectivity index (χ0v) is 20.5. The zero-order chi connectivity index (χ0) is 23.1. The Morgan fingerprint density at radius 3 is 2.66 bits per heavy atom. The lowest BCUT2D eigenvalue weighted by atomic mass is 10.1. The summed E-state index contributed by atoms with van der Waals surface area (Å²) in [5.74, 6) is 1.98. The van der Waals surface area contributed by atoms with Gasteiger partial charge in [-0.25, -0.2) is 0 Å². The summed E-state index contributed by atoms with van der Waals surface area (Å²) < 4.78 is 7.93. The summed E-state index contributed by atoms with van der Waals surface area (Å²) in [4.78, 5) is 12.4. The number of nitrogens with one attached hydrogen (secondary N) is 1. The molecule has 0 aliphatic heterocycles. The number of amides is 1. The maximum atomic E-state index is 12.4. The summed E-state index contributed by atoms with van der Waals surface area (Å²) in [5.41, 5.74) is 4.09. The van der Waals surface area contributed by atoms with Gasteiger partial charge in [-0.3, -0.25) is 4.79 Å². The molecule has 32 heavy (non-hydrogen) atoms. The van der Waals surface area contributed by atoms with Gasteiger partial charge in [0.1, 0.15) is 11.6 Å². The fourth-order valence-corrected chi connectivity index (χ4v) is 4.43. The molecule has 0 fully saturated rings. The van der Waals surface area contributed by atoms with Crippen molar-refractivity contribution in [3.63, 3.8) is 0 Å². The second-order valence-electron chi connectivity index (χ2n) is 7.66. The molecular weight excluding hydrogens is 444 g/mol. The number of hydrogen-bond acceptors (Lipinski definition) is 5. The number of thioether (sulfide) groups is 1. The summed E-state index contributed by atoms with van der Waals surface area (Å²) >= 11 is 7.39. The molecule has 0 saturated carbocycles. The van der Waals surface area contributed by atoms with Crippen molar-refractivity contribution >= 4 is 35.0 Å². The summed E-state index contributed by atoms with van der Waals surface area (Å²) in [5, 5.41) is 13.1. The second-order valence-corrected chi connectivity index (χ2v) is 9.04. The van der Waals surface area contributed by atoms with Gasteiger partial charge in [0.05, 0.1) is 12.4 Å². The average Bonchev–Trinajstić information content (AvgIpc) is 3.14. The number of aromatic nitrogens is 3. The molecule has 0 bridgehead atoms. The smallest absolute Gasteiger partial charge is 0.234 e. The van der Waals surface area contributed by atoms with Crippen molar-refractivity contribution in [1.82, 2.24) is 14.8 Å². The van der Waals surface area contributed by atoms with E-state index in [0.29, 0.717) is 11.6 Å². The van der Waals surface area contributed by atoms with Crippen LogP contribution in [-0.2, 0) is 17.8 Å². The number of benzene rings is 2. The van der Waals surface area contributed by atoms with Crippen LogP contribution >= 0.6 is 23.4 Å². The topological polar surface area (TPSA) is 69.0 Å². The van der Waals surface area contributed by atoms with Crippen LogP contribution in [0.4, 0.5) is 5.69 Å². The van der Waals surface area contributed by atoms with Crippen molar-refractivity contribution in [3.05, 3.63) is 63.9 Å². The van der Waals surface area contributed by atoms with E-state index in [4.69, 9.17) is 16.3 Å². The summed E-state index contributed by atoms with van der Waals surface area (Å²) in [6.45, 7) is 9.40. The van der Waals surface area contributed by atoms with E-state index in [9.17, 15) is 4.79 Å². The van der Waals surface area contributed by atoms with E-state index in [-0.39, 0.29) is 11.7 Å². The van der Waals surface area contributed by atoms with Gasteiger partial charge in [0.25, 0.3) is 0 Å². The van der Waals surface area contributed by atoms with Crippen molar-refractivity contribution < 1.29 is 9.53 Å². The van der Waals surface area contributed by atoms with E-state index in [1.165, 1.54) is 17.3 Å². The number of rotatable bonds is 10. The highest BCUT2D eigenvalue weighted by atomic mass is 35.5. The number of halogens is 1. The van der Waals surface area contributed by atoms with E-state index in [0.717, 1.165) is 52.9 Å². The van der Waals surface area contributed by atoms with Crippen LogP contribution in [0.25, 0.3) is 0 Å². The van der Waals surface area contributed by atoms with Gasteiger partial charge in [-0.1, -0.05) is 41.1 Å². The lowest BCUT2D eigenvalue weighted by Gasteiger charge is -2.11. The van der Waals surface area contributed by atoms with Gasteiger partial charge in [0.2, 0.25) is 5.91 Å². The van der Waals surface area contributed by atoms with Crippen molar-refractivity contribution in [3.8, 4) is 5.75 Å². The molecule has 0 radical (unpaired) electrons. The van der Waals surface area contributed by atoms with Crippen LogP contribution in [0, 0.1) is 20.8 Å². The third kappa shape index (κ3) is 6.50. The Balaban J connectivity index is 1.50. The molecule has 3 rings (SSSR count). The number of ether oxygens (including phenoxy) is 1. The minimum atomic E-state index is -0.0547. The third-order valence-corrected chi connectivity index (χ3v) is 6.24. The van der Waals surface area contributed by atoms with Crippen LogP contribution in [-0.4, -0.2) is 33.0 Å². The second kappa shape index (κ2) is 11.4. The van der Waals surface area contributed by atoms with E-state index < -0.39 is 0 Å². The van der Waals surface area contributed by atoms with Crippen molar-refractivity contribution in [2.45, 2.75) is 52.2 Å². The molecule has 8 heteroatoms. The number of hydrogen-bond donors (Lipinski definition) is 1. The van der Waals surface area contributed by atoms with Gasteiger partial charge in [-0.05, 0) is 69.5 Å². The summed E-state index contributed by atoms with van der Waals surface area (Å²) in [7, 11) is 0. The largest absolute Gasteiger partial charge is 0.493 e. The molecule has 0 aliphatic rings. The molecule has 0 aliphatic carbocycles. The minimum Gasteiger partial charge on any atom is -0.493 e. The molecule has 1 N–H and O–H groups in total. The van der Waals surface area contributed by atoms with Crippen molar-refractivity contribution in [1.29, 1.82) is 0 Å². The standard InChI is InChI=1S/C24H29ClN4O2S/c1-5-29-22(7-6-12-31-21-11-9-19(25)14-18(21)4)27-28-24(29)32-15-23(30)26-20-10-8-16(2)13-17(20)3/h8-11,13-14H,5-7,12,15H2,1-4H3,(H,26,30). The molecule has 0 atom stereocenters. The Bertz CT molecular complexity index is 1080. The first-order chi connectivity index (χ1) is 15.4. The Morgan fingerprint density at radius 1 is 1.12 bits per heavy atom.